The van der Waals surface area contributed by atoms with Crippen LogP contribution in [0, 0.1) is 11.6 Å². The Morgan fingerprint density at radius 3 is 2.55 bits per heavy atom. The summed E-state index contributed by atoms with van der Waals surface area (Å²) in [7, 11) is 0. The standard InChI is InChI=1S/C19H12ClF5N2O2/c20-15-5-10(1-2-16(15)22)18(29-9-28)8-14-7-17(27-26-14)11-3-12(19(23,24)25)6-13(21)4-11/h1-7,9,18H,8H2,(H,26,27). The molecule has 0 saturated carbocycles. The topological polar surface area (TPSA) is 55.0 Å². The molecule has 0 fully saturated rings. The molecule has 4 nitrogen and oxygen atoms in total. The second kappa shape index (κ2) is 8.20. The molecule has 3 aromatic rings. The maximum atomic E-state index is 13.6. The van der Waals surface area contributed by atoms with Crippen molar-refractivity contribution in [3.63, 3.8) is 0 Å². The predicted molar refractivity (Wildman–Crippen MR) is 94.0 cm³/mol. The van der Waals surface area contributed by atoms with Gasteiger partial charge < -0.3 is 4.74 Å². The van der Waals surface area contributed by atoms with Gasteiger partial charge in [-0.25, -0.2) is 8.78 Å². The van der Waals surface area contributed by atoms with Gasteiger partial charge in [0.1, 0.15) is 17.7 Å². The summed E-state index contributed by atoms with van der Waals surface area (Å²) >= 11 is 5.74. The molecule has 0 radical (unpaired) electrons. The fourth-order valence-electron chi connectivity index (χ4n) is 2.74. The van der Waals surface area contributed by atoms with Crippen LogP contribution in [0.4, 0.5) is 22.0 Å². The maximum absolute atomic E-state index is 13.6. The van der Waals surface area contributed by atoms with Crippen LogP contribution in [-0.4, -0.2) is 16.7 Å². The number of alkyl halides is 3. The third-order valence-electron chi connectivity index (χ3n) is 4.10. The summed E-state index contributed by atoms with van der Waals surface area (Å²) in [5.41, 5.74) is -0.309. The fraction of sp³-hybridized carbons (Fsp3) is 0.158. The molecule has 0 aliphatic rings. The van der Waals surface area contributed by atoms with Gasteiger partial charge in [0.05, 0.1) is 22.0 Å². The summed E-state index contributed by atoms with van der Waals surface area (Å²) < 4.78 is 70.6. The van der Waals surface area contributed by atoms with Crippen LogP contribution in [0.25, 0.3) is 11.3 Å². The lowest BCUT2D eigenvalue weighted by Gasteiger charge is -2.14. The minimum absolute atomic E-state index is 0.0264. The zero-order valence-corrected chi connectivity index (χ0v) is 15.2. The number of nitrogens with zero attached hydrogens (tertiary/aromatic N) is 1. The lowest BCUT2D eigenvalue weighted by atomic mass is 10.0. The quantitative estimate of drug-likeness (QED) is 0.416. The zero-order chi connectivity index (χ0) is 21.2. The average molecular weight is 431 g/mol. The van der Waals surface area contributed by atoms with Crippen molar-refractivity contribution in [3.8, 4) is 11.3 Å². The number of rotatable bonds is 6. The Hall–Kier alpha value is -2.94. The van der Waals surface area contributed by atoms with Crippen molar-refractivity contribution < 1.29 is 31.5 Å². The Labute approximate surface area is 166 Å². The minimum Gasteiger partial charge on any atom is -0.459 e. The first-order valence-corrected chi connectivity index (χ1v) is 8.51. The number of nitrogens with one attached hydrogen (secondary N) is 1. The summed E-state index contributed by atoms with van der Waals surface area (Å²) in [6.45, 7) is 0.206. The minimum atomic E-state index is -4.70. The van der Waals surface area contributed by atoms with Crippen molar-refractivity contribution in [2.75, 3.05) is 0 Å². The third-order valence-corrected chi connectivity index (χ3v) is 4.39. The van der Waals surface area contributed by atoms with Crippen LogP contribution in [0.15, 0.2) is 42.5 Å². The molecule has 10 heteroatoms. The third kappa shape index (κ3) is 4.92. The molecule has 1 unspecified atom stereocenters. The van der Waals surface area contributed by atoms with Crippen molar-refractivity contribution in [1.82, 2.24) is 10.2 Å². The van der Waals surface area contributed by atoms with Crippen LogP contribution in [0.2, 0.25) is 5.02 Å². The molecule has 1 atom stereocenters. The highest BCUT2D eigenvalue weighted by Gasteiger charge is 2.31. The van der Waals surface area contributed by atoms with Gasteiger partial charge in [-0.05, 0) is 42.0 Å². The number of benzene rings is 2. The molecule has 0 saturated heterocycles. The van der Waals surface area contributed by atoms with E-state index in [0.29, 0.717) is 17.3 Å². The van der Waals surface area contributed by atoms with Crippen LogP contribution >= 0.6 is 11.6 Å². The Kier molecular flexibility index (Phi) is 5.88. The Morgan fingerprint density at radius 2 is 1.90 bits per heavy atom. The molecule has 0 amide bonds. The first-order chi connectivity index (χ1) is 13.7. The molecule has 1 aromatic heterocycles. The van der Waals surface area contributed by atoms with E-state index in [1.54, 1.807) is 0 Å². The van der Waals surface area contributed by atoms with Crippen LogP contribution in [0.1, 0.15) is 22.9 Å². The molecular weight excluding hydrogens is 419 g/mol. The van der Waals surface area contributed by atoms with E-state index < -0.39 is 29.5 Å². The summed E-state index contributed by atoms with van der Waals surface area (Å²) in [6.07, 6.45) is -5.54. The van der Waals surface area contributed by atoms with E-state index >= 15 is 0 Å². The van der Waals surface area contributed by atoms with Gasteiger partial charge in [0.25, 0.3) is 6.47 Å². The molecule has 0 aliphatic heterocycles. The van der Waals surface area contributed by atoms with Crippen LogP contribution in [-0.2, 0) is 22.1 Å². The highest BCUT2D eigenvalue weighted by Crippen LogP contribution is 2.33. The van der Waals surface area contributed by atoms with Crippen molar-refractivity contribution in [2.45, 2.75) is 18.7 Å². The summed E-state index contributed by atoms with van der Waals surface area (Å²) in [4.78, 5) is 10.8. The molecule has 1 N–H and O–H groups in total. The summed E-state index contributed by atoms with van der Waals surface area (Å²) in [5, 5.41) is 6.34. The van der Waals surface area contributed by atoms with Gasteiger partial charge in [0.2, 0.25) is 0 Å². The van der Waals surface area contributed by atoms with E-state index in [0.717, 1.165) is 18.2 Å². The second-order valence-electron chi connectivity index (χ2n) is 6.10. The highest BCUT2D eigenvalue weighted by atomic mass is 35.5. The fourth-order valence-corrected chi connectivity index (χ4v) is 2.93. The second-order valence-corrected chi connectivity index (χ2v) is 6.51. The number of hydrogen-bond acceptors (Lipinski definition) is 3. The molecule has 2 aromatic carbocycles. The van der Waals surface area contributed by atoms with Gasteiger partial charge in [-0.15, -0.1) is 0 Å². The van der Waals surface area contributed by atoms with E-state index in [1.165, 1.54) is 18.2 Å². The van der Waals surface area contributed by atoms with Crippen LogP contribution in [0.5, 0.6) is 0 Å². The largest absolute Gasteiger partial charge is 0.459 e. The molecule has 0 aliphatic carbocycles. The average Bonchev–Trinajstić information content (AvgIpc) is 3.11. The Bertz CT molecular complexity index is 1040. The van der Waals surface area contributed by atoms with Gasteiger partial charge in [-0.1, -0.05) is 17.7 Å². The van der Waals surface area contributed by atoms with Crippen molar-refractivity contribution >= 4 is 18.1 Å². The SMILES string of the molecule is O=COC(Cc1cc(-c2cc(F)cc(C(F)(F)F)c2)[nH]n1)c1ccc(F)c(Cl)c1. The molecule has 0 spiro atoms. The lowest BCUT2D eigenvalue weighted by molar-refractivity contribution is -0.137. The molecule has 3 rings (SSSR count). The number of aromatic nitrogens is 2. The normalized spacial score (nSPS) is 12.6. The maximum Gasteiger partial charge on any atom is 0.416 e. The highest BCUT2D eigenvalue weighted by molar-refractivity contribution is 6.30. The molecule has 0 bridgehead atoms. The van der Waals surface area contributed by atoms with E-state index in [9.17, 15) is 26.7 Å². The van der Waals surface area contributed by atoms with Gasteiger partial charge in [-0.3, -0.25) is 9.89 Å². The molecule has 152 valence electrons. The first kappa shape index (κ1) is 20.8. The van der Waals surface area contributed by atoms with Crippen LogP contribution < -0.4 is 0 Å². The number of ether oxygens (including phenoxy) is 1. The zero-order valence-electron chi connectivity index (χ0n) is 14.4. The number of H-pyrrole nitrogens is 1. The Morgan fingerprint density at radius 1 is 1.14 bits per heavy atom. The van der Waals surface area contributed by atoms with Crippen LogP contribution in [0.3, 0.4) is 0 Å². The predicted octanol–water partition coefficient (Wildman–Crippen LogP) is 5.48. The lowest BCUT2D eigenvalue weighted by Crippen LogP contribution is -2.07. The summed E-state index contributed by atoms with van der Waals surface area (Å²) in [5.74, 6) is -1.69. The van der Waals surface area contributed by atoms with Gasteiger partial charge in [0.15, 0.2) is 0 Å². The van der Waals surface area contributed by atoms with E-state index in [4.69, 9.17) is 16.3 Å². The monoisotopic (exact) mass is 430 g/mol. The van der Waals surface area contributed by atoms with Crippen molar-refractivity contribution in [3.05, 3.63) is 75.9 Å². The molecule has 29 heavy (non-hydrogen) atoms. The number of hydrogen-bond donors (Lipinski definition) is 1. The smallest absolute Gasteiger partial charge is 0.416 e. The first-order valence-electron chi connectivity index (χ1n) is 8.14. The van der Waals surface area contributed by atoms with E-state index in [2.05, 4.69) is 10.2 Å². The van der Waals surface area contributed by atoms with Gasteiger partial charge in [0, 0.05) is 12.0 Å². The number of carbonyl (C=O) groups excluding carboxylic acids is 1. The van der Waals surface area contributed by atoms with Crippen molar-refractivity contribution in [1.29, 1.82) is 0 Å². The van der Waals surface area contributed by atoms with Gasteiger partial charge in [-0.2, -0.15) is 18.3 Å². The molecular formula is C19H12ClF5N2O2. The van der Waals surface area contributed by atoms with E-state index in [1.807, 2.05) is 0 Å². The summed E-state index contributed by atoms with van der Waals surface area (Å²) in [6, 6.07) is 7.31. The Balaban J connectivity index is 1.88. The van der Waals surface area contributed by atoms with Crippen molar-refractivity contribution in [2.24, 2.45) is 0 Å². The number of carbonyl (C=O) groups is 1. The molecule has 1 heterocycles. The van der Waals surface area contributed by atoms with Gasteiger partial charge >= 0.3 is 6.18 Å². The van der Waals surface area contributed by atoms with E-state index in [-0.39, 0.29) is 29.2 Å². The number of halogens is 6. The number of aromatic amines is 1.